The number of carbonyl (C=O) groups excluding carboxylic acids is 1. The van der Waals surface area contributed by atoms with Gasteiger partial charge in [-0.15, -0.1) is 16.6 Å². The number of terminal acetylenes is 1. The quantitative estimate of drug-likeness (QED) is 0.211. The smallest absolute Gasteiger partial charge is 0.227 e. The summed E-state index contributed by atoms with van der Waals surface area (Å²) < 4.78 is 7.44. The highest BCUT2D eigenvalue weighted by atomic mass is 16.5. The zero-order chi connectivity index (χ0) is 33.4. The summed E-state index contributed by atoms with van der Waals surface area (Å²) in [4.78, 5) is 20.6. The average Bonchev–Trinajstić information content (AvgIpc) is 3.60. The molecule has 0 bridgehead atoms. The fraction of sp³-hybridized carbons (Fsp3) is 0.432. The number of nitrogens with one attached hydrogen (secondary N) is 1. The lowest BCUT2D eigenvalue weighted by atomic mass is 9.87. The molecule has 9 heteroatoms. The number of aromatic nitrogens is 3. The van der Waals surface area contributed by atoms with E-state index >= 15 is 0 Å². The van der Waals surface area contributed by atoms with Crippen molar-refractivity contribution in [3.05, 3.63) is 47.8 Å². The maximum Gasteiger partial charge on any atom is 0.227 e. The SMILES string of the molecule is C#CC#COc1ccc(NC(=O)C(CC)CCCC)cc1-c1nnc2n1N=C(C(C)(C)C)/C2=N/c1ccc(N(CC)CC)cc1C. The van der Waals surface area contributed by atoms with Crippen molar-refractivity contribution in [2.45, 2.75) is 81.1 Å². The fourth-order valence-electron chi connectivity index (χ4n) is 5.42. The molecule has 46 heavy (non-hydrogen) atoms. The number of fused-ring (bicyclic) bond motifs is 1. The van der Waals surface area contributed by atoms with Gasteiger partial charge >= 0.3 is 0 Å². The molecule has 1 aromatic heterocycles. The van der Waals surface area contributed by atoms with Gasteiger partial charge in [-0.05, 0) is 81.5 Å². The Morgan fingerprint density at radius 2 is 1.83 bits per heavy atom. The summed E-state index contributed by atoms with van der Waals surface area (Å²) in [7, 11) is 0. The van der Waals surface area contributed by atoms with Gasteiger partial charge in [-0.2, -0.15) is 9.78 Å². The number of aliphatic imine (C=N–C) groups is 1. The van der Waals surface area contributed by atoms with Gasteiger partial charge in [0.25, 0.3) is 0 Å². The molecule has 0 radical (unpaired) electrons. The number of hydrogen-bond donors (Lipinski definition) is 1. The molecule has 0 fully saturated rings. The van der Waals surface area contributed by atoms with Gasteiger partial charge in [0.15, 0.2) is 11.6 Å². The number of aryl methyl sites for hydroxylation is 1. The van der Waals surface area contributed by atoms with Gasteiger partial charge in [0.1, 0.15) is 11.8 Å². The second-order valence-electron chi connectivity index (χ2n) is 12.4. The van der Waals surface area contributed by atoms with Gasteiger partial charge in [-0.25, -0.2) is 4.99 Å². The lowest BCUT2D eigenvalue weighted by Crippen LogP contribution is -2.27. The molecule has 4 rings (SSSR count). The molecule has 3 aromatic rings. The van der Waals surface area contributed by atoms with Crippen molar-refractivity contribution >= 4 is 34.4 Å². The van der Waals surface area contributed by atoms with Crippen molar-refractivity contribution in [1.29, 1.82) is 0 Å². The van der Waals surface area contributed by atoms with Crippen LogP contribution in [0.3, 0.4) is 0 Å². The van der Waals surface area contributed by atoms with Gasteiger partial charge < -0.3 is 15.0 Å². The summed E-state index contributed by atoms with van der Waals surface area (Å²) in [6.07, 6.45) is 11.5. The molecule has 1 amide bonds. The highest BCUT2D eigenvalue weighted by Gasteiger charge is 2.36. The number of benzene rings is 2. The monoisotopic (exact) mass is 619 g/mol. The predicted octanol–water partition coefficient (Wildman–Crippen LogP) is 7.61. The molecule has 0 aliphatic carbocycles. The van der Waals surface area contributed by atoms with Crippen LogP contribution in [0.25, 0.3) is 11.4 Å². The zero-order valence-corrected chi connectivity index (χ0v) is 28.4. The molecular weight excluding hydrogens is 574 g/mol. The minimum absolute atomic E-state index is 0.0148. The third-order valence-corrected chi connectivity index (χ3v) is 8.07. The summed E-state index contributed by atoms with van der Waals surface area (Å²) in [6.45, 7) is 18.7. The van der Waals surface area contributed by atoms with E-state index in [0.29, 0.717) is 34.4 Å². The van der Waals surface area contributed by atoms with E-state index in [4.69, 9.17) is 21.3 Å². The van der Waals surface area contributed by atoms with Crippen LogP contribution < -0.4 is 15.0 Å². The Labute approximate surface area is 273 Å². The van der Waals surface area contributed by atoms with Crippen molar-refractivity contribution in [2.75, 3.05) is 23.3 Å². The first kappa shape index (κ1) is 34.0. The summed E-state index contributed by atoms with van der Waals surface area (Å²) in [5.74, 6) is 6.03. The predicted molar refractivity (Wildman–Crippen MR) is 188 cm³/mol. The van der Waals surface area contributed by atoms with Gasteiger partial charge in [0, 0.05) is 41.7 Å². The van der Waals surface area contributed by atoms with Crippen LogP contribution in [0.15, 0.2) is 46.5 Å². The highest BCUT2D eigenvalue weighted by molar-refractivity contribution is 6.50. The van der Waals surface area contributed by atoms with E-state index in [0.717, 1.165) is 61.4 Å². The minimum atomic E-state index is -0.340. The van der Waals surface area contributed by atoms with E-state index in [-0.39, 0.29) is 17.2 Å². The first-order valence-electron chi connectivity index (χ1n) is 16.1. The Morgan fingerprint density at radius 3 is 2.46 bits per heavy atom. The van der Waals surface area contributed by atoms with E-state index in [2.05, 4.69) is 99.0 Å². The van der Waals surface area contributed by atoms with Crippen molar-refractivity contribution in [1.82, 2.24) is 14.9 Å². The molecule has 1 aliphatic rings. The number of hydrogen-bond acceptors (Lipinski definition) is 7. The first-order valence-corrected chi connectivity index (χ1v) is 16.1. The Morgan fingerprint density at radius 1 is 1.09 bits per heavy atom. The van der Waals surface area contributed by atoms with Crippen LogP contribution in [0, 0.1) is 42.6 Å². The molecule has 1 unspecified atom stereocenters. The Balaban J connectivity index is 1.81. The molecule has 0 spiro atoms. The molecule has 2 heterocycles. The van der Waals surface area contributed by atoms with Crippen LogP contribution in [0.4, 0.5) is 17.1 Å². The molecule has 1 atom stereocenters. The van der Waals surface area contributed by atoms with Crippen LogP contribution in [-0.4, -0.2) is 45.3 Å². The van der Waals surface area contributed by atoms with Crippen molar-refractivity contribution in [2.24, 2.45) is 21.4 Å². The molecule has 1 aliphatic heterocycles. The van der Waals surface area contributed by atoms with Crippen LogP contribution in [0.5, 0.6) is 5.75 Å². The van der Waals surface area contributed by atoms with Crippen LogP contribution in [-0.2, 0) is 4.79 Å². The lowest BCUT2D eigenvalue weighted by Gasteiger charge is -2.22. The maximum absolute atomic E-state index is 13.2. The lowest BCUT2D eigenvalue weighted by molar-refractivity contribution is -0.120. The summed E-state index contributed by atoms with van der Waals surface area (Å²) in [5.41, 5.74) is 5.33. The largest absolute Gasteiger partial charge is 0.406 e. The van der Waals surface area contributed by atoms with E-state index in [1.807, 2.05) is 19.1 Å². The summed E-state index contributed by atoms with van der Waals surface area (Å²) in [5, 5.41) is 17.2. The van der Waals surface area contributed by atoms with E-state index in [9.17, 15) is 4.79 Å². The van der Waals surface area contributed by atoms with Crippen molar-refractivity contribution in [3.8, 4) is 41.5 Å². The third-order valence-electron chi connectivity index (χ3n) is 8.07. The van der Waals surface area contributed by atoms with Gasteiger partial charge in [0.2, 0.25) is 11.7 Å². The number of unbranched alkanes of at least 4 members (excludes halogenated alkanes) is 1. The minimum Gasteiger partial charge on any atom is -0.406 e. The Kier molecular flexibility index (Phi) is 11.0. The van der Waals surface area contributed by atoms with Gasteiger partial charge in [-0.1, -0.05) is 47.5 Å². The van der Waals surface area contributed by atoms with Crippen LogP contribution in [0.1, 0.15) is 85.5 Å². The number of carbonyl (C=O) groups is 1. The average molecular weight is 620 g/mol. The molecule has 1 N–H and O–H groups in total. The standard InChI is InChI=1S/C37H45N7O2/c1-10-15-17-26(12-3)36(45)38-27-18-21-31(46-22-16-11-2)29(24-27)34-40-41-35-32(33(37(7,8)9)42-44(34)35)39-30-20-19-28(23-25(30)6)43(13-4)14-5/h2,18-21,23-24,26H,10,12-15,17H2,1,3-9H3,(H,38,45)/b39-32-. The molecule has 9 nitrogen and oxygen atoms in total. The van der Waals surface area contributed by atoms with Crippen molar-refractivity contribution < 1.29 is 9.53 Å². The Bertz CT molecular complexity index is 1740. The van der Waals surface area contributed by atoms with Crippen molar-refractivity contribution in [3.63, 3.8) is 0 Å². The van der Waals surface area contributed by atoms with Crippen LogP contribution in [0.2, 0.25) is 0 Å². The normalized spacial score (nSPS) is 13.7. The number of ether oxygens (including phenoxy) is 1. The second-order valence-corrected chi connectivity index (χ2v) is 12.4. The molecule has 0 saturated carbocycles. The van der Waals surface area contributed by atoms with Gasteiger partial charge in [-0.3, -0.25) is 4.79 Å². The van der Waals surface area contributed by atoms with Gasteiger partial charge in [0.05, 0.1) is 17.0 Å². The van der Waals surface area contributed by atoms with Crippen LogP contribution >= 0.6 is 0 Å². The topological polar surface area (TPSA) is 97.0 Å². The second kappa shape index (κ2) is 14.9. The van der Waals surface area contributed by atoms with E-state index in [1.165, 1.54) is 0 Å². The number of nitrogens with zero attached hydrogens (tertiary/aromatic N) is 6. The molecule has 240 valence electrons. The number of anilines is 2. The zero-order valence-electron chi connectivity index (χ0n) is 28.4. The third kappa shape index (κ3) is 7.49. The Hall–Kier alpha value is -4.89. The highest BCUT2D eigenvalue weighted by Crippen LogP contribution is 2.36. The number of rotatable bonds is 12. The molecular formula is C37H45N7O2. The summed E-state index contributed by atoms with van der Waals surface area (Å²) in [6, 6.07) is 11.6. The molecule has 2 aromatic carbocycles. The maximum atomic E-state index is 13.2. The first-order chi connectivity index (χ1) is 22.1. The van der Waals surface area contributed by atoms with E-state index < -0.39 is 0 Å². The molecule has 0 saturated heterocycles. The van der Waals surface area contributed by atoms with E-state index in [1.54, 1.807) is 16.8 Å². The fourth-order valence-corrected chi connectivity index (χ4v) is 5.42. The number of amides is 1. The summed E-state index contributed by atoms with van der Waals surface area (Å²) >= 11 is 0.